The molecule has 0 radical (unpaired) electrons. The zero-order valence-electron chi connectivity index (χ0n) is 29.9. The first-order chi connectivity index (χ1) is 27.3. The third kappa shape index (κ3) is 4.83. The highest BCUT2D eigenvalue weighted by atomic mass is 32.1. The molecule has 0 aliphatic heterocycles. The molecule has 258 valence electrons. The standard InChI is InChI=1S/C52H34N2S/c1-4-14-35(15-5-1)36-24-27-40(28-25-36)54(51-50-45(32-33-53-51)44-30-26-37-16-10-11-21-42(37)49(44)55-50)41-29-31-48-46(34-41)43-22-12-13-23-47(43)52(48,38-17-6-2-7-18-38)39-19-8-3-9-20-39/h1-34H. The average molecular weight is 719 g/mol. The largest absolute Gasteiger partial charge is 0.294 e. The van der Waals surface area contributed by atoms with E-state index in [1.54, 1.807) is 0 Å². The maximum Gasteiger partial charge on any atom is 0.155 e. The number of rotatable bonds is 6. The van der Waals surface area contributed by atoms with E-state index in [-0.39, 0.29) is 0 Å². The summed E-state index contributed by atoms with van der Waals surface area (Å²) in [6, 6.07) is 73.0. The summed E-state index contributed by atoms with van der Waals surface area (Å²) in [6.07, 6.45) is 1.98. The Kier molecular flexibility index (Phi) is 7.29. The van der Waals surface area contributed by atoms with Gasteiger partial charge >= 0.3 is 0 Å². The quantitative estimate of drug-likeness (QED) is 0.170. The normalized spacial score (nSPS) is 12.9. The van der Waals surface area contributed by atoms with E-state index in [2.05, 4.69) is 205 Å². The second-order valence-electron chi connectivity index (χ2n) is 14.3. The summed E-state index contributed by atoms with van der Waals surface area (Å²) < 4.78 is 2.46. The van der Waals surface area contributed by atoms with E-state index >= 15 is 0 Å². The fourth-order valence-electron chi connectivity index (χ4n) is 8.98. The number of benzene rings is 8. The third-order valence-corrected chi connectivity index (χ3v) is 12.7. The number of aromatic nitrogens is 1. The van der Waals surface area contributed by atoms with Crippen molar-refractivity contribution < 1.29 is 0 Å². The van der Waals surface area contributed by atoms with Crippen LogP contribution in [0.5, 0.6) is 0 Å². The molecular formula is C52H34N2S. The fraction of sp³-hybridized carbons (Fsp3) is 0.0192. The molecule has 0 spiro atoms. The van der Waals surface area contributed by atoms with Crippen molar-refractivity contribution in [1.82, 2.24) is 4.98 Å². The lowest BCUT2D eigenvalue weighted by molar-refractivity contribution is 0.768. The third-order valence-electron chi connectivity index (χ3n) is 11.4. The Labute approximate surface area is 324 Å². The molecular weight excluding hydrogens is 685 g/mol. The van der Waals surface area contributed by atoms with E-state index in [1.807, 2.05) is 17.5 Å². The molecule has 0 N–H and O–H groups in total. The van der Waals surface area contributed by atoms with Crippen LogP contribution in [0.1, 0.15) is 22.3 Å². The van der Waals surface area contributed by atoms with Gasteiger partial charge in [0.05, 0.1) is 10.1 Å². The van der Waals surface area contributed by atoms with Crippen LogP contribution in [-0.4, -0.2) is 4.98 Å². The molecule has 0 saturated heterocycles. The number of pyridine rings is 1. The van der Waals surface area contributed by atoms with Crippen LogP contribution in [-0.2, 0) is 5.41 Å². The van der Waals surface area contributed by atoms with Gasteiger partial charge < -0.3 is 0 Å². The minimum absolute atomic E-state index is 0.458. The lowest BCUT2D eigenvalue weighted by Gasteiger charge is -2.34. The van der Waals surface area contributed by atoms with Crippen LogP contribution in [0.15, 0.2) is 206 Å². The van der Waals surface area contributed by atoms with Gasteiger partial charge in [-0.25, -0.2) is 4.98 Å². The topological polar surface area (TPSA) is 16.1 Å². The second kappa shape index (κ2) is 12.7. The van der Waals surface area contributed by atoms with Crippen LogP contribution in [0.4, 0.5) is 17.2 Å². The first-order valence-corrected chi connectivity index (χ1v) is 19.6. The lowest BCUT2D eigenvalue weighted by atomic mass is 9.68. The molecule has 0 atom stereocenters. The van der Waals surface area contributed by atoms with Gasteiger partial charge in [0.2, 0.25) is 0 Å². The molecule has 2 heterocycles. The molecule has 1 aliphatic rings. The SMILES string of the molecule is c1ccc(-c2ccc(N(c3ccc4c(c3)-c3ccccc3C4(c3ccccc3)c3ccccc3)c3nccc4c3sc3c5ccccc5ccc43)cc2)cc1. The minimum Gasteiger partial charge on any atom is -0.294 e. The highest BCUT2D eigenvalue weighted by Gasteiger charge is 2.46. The summed E-state index contributed by atoms with van der Waals surface area (Å²) in [5, 5.41) is 5.01. The molecule has 2 nitrogen and oxygen atoms in total. The molecule has 3 heteroatoms. The summed E-state index contributed by atoms with van der Waals surface area (Å²) in [7, 11) is 0. The number of nitrogens with zero attached hydrogens (tertiary/aromatic N) is 2. The number of anilines is 3. The van der Waals surface area contributed by atoms with E-state index in [1.165, 1.54) is 75.5 Å². The van der Waals surface area contributed by atoms with Gasteiger partial charge in [-0.1, -0.05) is 170 Å². The van der Waals surface area contributed by atoms with E-state index < -0.39 is 5.41 Å². The Morgan fingerprint density at radius 1 is 0.418 bits per heavy atom. The van der Waals surface area contributed by atoms with Crippen LogP contribution in [0, 0.1) is 0 Å². The van der Waals surface area contributed by atoms with Gasteiger partial charge in [0, 0.05) is 33.0 Å². The van der Waals surface area contributed by atoms with Crippen LogP contribution in [0.3, 0.4) is 0 Å². The molecule has 0 amide bonds. The molecule has 0 fully saturated rings. The highest BCUT2D eigenvalue weighted by Crippen LogP contribution is 2.57. The first-order valence-electron chi connectivity index (χ1n) is 18.8. The lowest BCUT2D eigenvalue weighted by Crippen LogP contribution is -2.28. The fourth-order valence-corrected chi connectivity index (χ4v) is 10.3. The summed E-state index contributed by atoms with van der Waals surface area (Å²) >= 11 is 1.84. The molecule has 55 heavy (non-hydrogen) atoms. The van der Waals surface area contributed by atoms with Gasteiger partial charge in [0.1, 0.15) is 0 Å². The van der Waals surface area contributed by atoms with Gasteiger partial charge in [-0.15, -0.1) is 11.3 Å². The molecule has 1 aliphatic carbocycles. The number of hydrogen-bond acceptors (Lipinski definition) is 3. The van der Waals surface area contributed by atoms with Crippen molar-refractivity contribution in [2.75, 3.05) is 4.90 Å². The van der Waals surface area contributed by atoms with Crippen LogP contribution < -0.4 is 4.90 Å². The van der Waals surface area contributed by atoms with Gasteiger partial charge in [-0.2, -0.15) is 0 Å². The Hall–Kier alpha value is -6.81. The predicted octanol–water partition coefficient (Wildman–Crippen LogP) is 14.1. The smallest absolute Gasteiger partial charge is 0.155 e. The molecule has 0 unspecified atom stereocenters. The van der Waals surface area contributed by atoms with Crippen molar-refractivity contribution in [3.8, 4) is 22.3 Å². The van der Waals surface area contributed by atoms with Crippen LogP contribution in [0.25, 0.3) is 53.2 Å². The van der Waals surface area contributed by atoms with E-state index in [0.717, 1.165) is 17.2 Å². The zero-order chi connectivity index (χ0) is 36.3. The molecule has 0 saturated carbocycles. The molecule has 0 bridgehead atoms. The number of hydrogen-bond donors (Lipinski definition) is 0. The summed E-state index contributed by atoms with van der Waals surface area (Å²) in [4.78, 5) is 7.58. The Morgan fingerprint density at radius 2 is 1.02 bits per heavy atom. The van der Waals surface area contributed by atoms with Crippen molar-refractivity contribution in [3.63, 3.8) is 0 Å². The maximum atomic E-state index is 5.21. The number of fused-ring (bicyclic) bond motifs is 8. The summed E-state index contributed by atoms with van der Waals surface area (Å²) in [5.74, 6) is 0.929. The van der Waals surface area contributed by atoms with Crippen molar-refractivity contribution in [3.05, 3.63) is 229 Å². The average Bonchev–Trinajstić information content (AvgIpc) is 3.80. The predicted molar refractivity (Wildman–Crippen MR) is 232 cm³/mol. The van der Waals surface area contributed by atoms with Crippen molar-refractivity contribution in [1.29, 1.82) is 0 Å². The van der Waals surface area contributed by atoms with Gasteiger partial charge in [-0.3, -0.25) is 4.90 Å². The first kappa shape index (κ1) is 31.7. The van der Waals surface area contributed by atoms with Gasteiger partial charge in [0.15, 0.2) is 5.82 Å². The van der Waals surface area contributed by atoms with Crippen molar-refractivity contribution in [2.45, 2.75) is 5.41 Å². The maximum absolute atomic E-state index is 5.21. The Bertz CT molecular complexity index is 2980. The molecule has 11 rings (SSSR count). The summed E-state index contributed by atoms with van der Waals surface area (Å²) in [6.45, 7) is 0. The molecule has 2 aromatic heterocycles. The Morgan fingerprint density at radius 3 is 1.78 bits per heavy atom. The highest BCUT2D eigenvalue weighted by molar-refractivity contribution is 7.27. The van der Waals surface area contributed by atoms with E-state index in [4.69, 9.17) is 4.98 Å². The molecule has 8 aromatic carbocycles. The van der Waals surface area contributed by atoms with Crippen LogP contribution >= 0.6 is 11.3 Å². The van der Waals surface area contributed by atoms with Crippen molar-refractivity contribution in [2.24, 2.45) is 0 Å². The van der Waals surface area contributed by atoms with E-state index in [0.29, 0.717) is 0 Å². The minimum atomic E-state index is -0.458. The second-order valence-corrected chi connectivity index (χ2v) is 15.3. The summed E-state index contributed by atoms with van der Waals surface area (Å²) in [5.41, 5.74) is 11.7. The Balaban J connectivity index is 1.17. The molecule has 10 aromatic rings. The van der Waals surface area contributed by atoms with Gasteiger partial charge in [0.25, 0.3) is 0 Å². The monoisotopic (exact) mass is 718 g/mol. The zero-order valence-corrected chi connectivity index (χ0v) is 30.7. The van der Waals surface area contributed by atoms with Gasteiger partial charge in [-0.05, 0) is 85.6 Å². The number of thiophene rings is 1. The van der Waals surface area contributed by atoms with Crippen LogP contribution in [0.2, 0.25) is 0 Å². The van der Waals surface area contributed by atoms with E-state index in [9.17, 15) is 0 Å². The van der Waals surface area contributed by atoms with Crippen molar-refractivity contribution >= 4 is 59.5 Å².